The highest BCUT2D eigenvalue weighted by atomic mass is 16.6. The van der Waals surface area contributed by atoms with Crippen LogP contribution in [0.1, 0.15) is 11.1 Å². The summed E-state index contributed by atoms with van der Waals surface area (Å²) >= 11 is 0. The van der Waals surface area contributed by atoms with Gasteiger partial charge in [-0.25, -0.2) is 4.79 Å². The van der Waals surface area contributed by atoms with E-state index in [1.165, 1.54) is 0 Å². The Morgan fingerprint density at radius 2 is 1.57 bits per heavy atom. The van der Waals surface area contributed by atoms with Crippen LogP contribution in [0, 0.1) is 6.92 Å². The number of amides is 1. The second-order valence-corrected chi connectivity index (χ2v) is 7.51. The van der Waals surface area contributed by atoms with Crippen molar-refractivity contribution in [3.63, 3.8) is 0 Å². The summed E-state index contributed by atoms with van der Waals surface area (Å²) in [6.45, 7) is 9.78. The van der Waals surface area contributed by atoms with Crippen molar-refractivity contribution in [2.75, 3.05) is 63.0 Å². The van der Waals surface area contributed by atoms with Gasteiger partial charge in [-0.15, -0.1) is 0 Å². The molecule has 0 bridgehead atoms. The number of benzene rings is 2. The minimum atomic E-state index is -0.247. The largest absolute Gasteiger partial charge is 0.445 e. The quantitative estimate of drug-likeness (QED) is 0.672. The molecule has 4 rings (SSSR count). The number of hydrogen-bond donors (Lipinski definition) is 3. The molecule has 0 unspecified atom stereocenters. The SMILES string of the molecule is C1CNCCN1.Cc1c(N)cccc1N1CCN(C(=O)OCc2ccccc2)CC1. The molecule has 30 heavy (non-hydrogen) atoms. The summed E-state index contributed by atoms with van der Waals surface area (Å²) in [4.78, 5) is 16.2. The molecular formula is C23H33N5O2. The van der Waals surface area contributed by atoms with Gasteiger partial charge in [0.15, 0.2) is 0 Å². The molecule has 0 atom stereocenters. The van der Waals surface area contributed by atoms with E-state index in [0.29, 0.717) is 19.7 Å². The summed E-state index contributed by atoms with van der Waals surface area (Å²) < 4.78 is 5.40. The van der Waals surface area contributed by atoms with E-state index in [1.807, 2.05) is 49.4 Å². The third-order valence-corrected chi connectivity index (χ3v) is 5.39. The number of nitrogens with one attached hydrogen (secondary N) is 2. The first-order chi connectivity index (χ1) is 14.6. The van der Waals surface area contributed by atoms with Crippen LogP contribution < -0.4 is 21.3 Å². The predicted octanol–water partition coefficient (Wildman–Crippen LogP) is 2.22. The fourth-order valence-corrected chi connectivity index (χ4v) is 3.53. The smallest absolute Gasteiger partial charge is 0.410 e. The second kappa shape index (κ2) is 11.4. The van der Waals surface area contributed by atoms with Crippen LogP contribution in [-0.4, -0.2) is 63.4 Å². The molecule has 2 fully saturated rings. The molecule has 4 N–H and O–H groups in total. The van der Waals surface area contributed by atoms with Crippen molar-refractivity contribution >= 4 is 17.5 Å². The van der Waals surface area contributed by atoms with Crippen LogP contribution in [-0.2, 0) is 11.3 Å². The van der Waals surface area contributed by atoms with Gasteiger partial charge in [0, 0.05) is 63.7 Å². The number of ether oxygens (including phenoxy) is 1. The average molecular weight is 412 g/mol. The van der Waals surface area contributed by atoms with Crippen molar-refractivity contribution in [2.45, 2.75) is 13.5 Å². The van der Waals surface area contributed by atoms with Crippen molar-refractivity contribution in [2.24, 2.45) is 0 Å². The highest BCUT2D eigenvalue weighted by Gasteiger charge is 2.23. The van der Waals surface area contributed by atoms with Crippen LogP contribution in [0.3, 0.4) is 0 Å². The van der Waals surface area contributed by atoms with Gasteiger partial charge in [-0.05, 0) is 30.2 Å². The highest BCUT2D eigenvalue weighted by Crippen LogP contribution is 2.25. The lowest BCUT2D eigenvalue weighted by molar-refractivity contribution is 0.0942. The van der Waals surface area contributed by atoms with E-state index in [2.05, 4.69) is 21.6 Å². The zero-order valence-electron chi connectivity index (χ0n) is 17.8. The molecule has 1 amide bonds. The minimum Gasteiger partial charge on any atom is -0.445 e. The molecule has 162 valence electrons. The van der Waals surface area contributed by atoms with Crippen LogP contribution in [0.15, 0.2) is 48.5 Å². The summed E-state index contributed by atoms with van der Waals surface area (Å²) in [5.74, 6) is 0. The number of anilines is 2. The summed E-state index contributed by atoms with van der Waals surface area (Å²) in [6, 6.07) is 15.7. The average Bonchev–Trinajstić information content (AvgIpc) is 2.82. The van der Waals surface area contributed by atoms with Gasteiger partial charge in [0.2, 0.25) is 0 Å². The maximum Gasteiger partial charge on any atom is 0.410 e. The van der Waals surface area contributed by atoms with Crippen molar-refractivity contribution in [1.82, 2.24) is 15.5 Å². The molecule has 2 heterocycles. The summed E-state index contributed by atoms with van der Waals surface area (Å²) in [5.41, 5.74) is 10.0. The number of nitrogens with zero attached hydrogens (tertiary/aromatic N) is 2. The Labute approximate surface area is 179 Å². The summed E-state index contributed by atoms with van der Waals surface area (Å²) in [7, 11) is 0. The van der Waals surface area contributed by atoms with Crippen molar-refractivity contribution < 1.29 is 9.53 Å². The Kier molecular flexibility index (Phi) is 8.35. The van der Waals surface area contributed by atoms with E-state index in [-0.39, 0.29) is 6.09 Å². The Morgan fingerprint density at radius 1 is 0.933 bits per heavy atom. The Balaban J connectivity index is 0.000000367. The number of carbonyl (C=O) groups excluding carboxylic acids is 1. The number of nitrogen functional groups attached to an aromatic ring is 1. The van der Waals surface area contributed by atoms with Crippen molar-refractivity contribution in [3.05, 3.63) is 59.7 Å². The van der Waals surface area contributed by atoms with Crippen LogP contribution in [0.25, 0.3) is 0 Å². The fraction of sp³-hybridized carbons (Fsp3) is 0.435. The number of carbonyl (C=O) groups is 1. The van der Waals surface area contributed by atoms with E-state index in [1.54, 1.807) is 4.90 Å². The van der Waals surface area contributed by atoms with E-state index in [4.69, 9.17) is 10.5 Å². The monoisotopic (exact) mass is 411 g/mol. The molecule has 0 saturated carbocycles. The number of hydrogen-bond acceptors (Lipinski definition) is 6. The molecule has 7 nitrogen and oxygen atoms in total. The Morgan fingerprint density at radius 3 is 2.17 bits per heavy atom. The molecule has 2 aromatic rings. The molecule has 0 spiro atoms. The first-order valence-corrected chi connectivity index (χ1v) is 10.6. The summed E-state index contributed by atoms with van der Waals surface area (Å²) in [6.07, 6.45) is -0.247. The zero-order valence-corrected chi connectivity index (χ0v) is 17.8. The van der Waals surface area contributed by atoms with E-state index in [0.717, 1.165) is 61.8 Å². The lowest BCUT2D eigenvalue weighted by Gasteiger charge is -2.36. The maximum atomic E-state index is 12.2. The molecule has 2 aliphatic heterocycles. The second-order valence-electron chi connectivity index (χ2n) is 7.51. The maximum absolute atomic E-state index is 12.2. The zero-order chi connectivity index (χ0) is 21.2. The molecular weight excluding hydrogens is 378 g/mol. The van der Waals surface area contributed by atoms with E-state index >= 15 is 0 Å². The number of rotatable bonds is 3. The van der Waals surface area contributed by atoms with E-state index in [9.17, 15) is 4.79 Å². The number of nitrogens with two attached hydrogens (primary N) is 1. The first-order valence-electron chi connectivity index (χ1n) is 10.6. The standard InChI is InChI=1S/C19H23N3O2.C4H10N2/c1-15-17(20)8-5-9-18(15)21-10-12-22(13-11-21)19(23)24-14-16-6-3-2-4-7-16;1-2-6-4-3-5-1/h2-9H,10-14,20H2,1H3;5-6H,1-4H2. The molecule has 2 aromatic carbocycles. The molecule has 2 saturated heterocycles. The van der Waals surface area contributed by atoms with Crippen molar-refractivity contribution in [1.29, 1.82) is 0 Å². The van der Waals surface area contributed by atoms with Gasteiger partial charge in [-0.3, -0.25) is 0 Å². The first kappa shape index (κ1) is 21.9. The van der Waals surface area contributed by atoms with Gasteiger partial charge < -0.3 is 30.9 Å². The van der Waals surface area contributed by atoms with Gasteiger partial charge in [-0.1, -0.05) is 36.4 Å². The van der Waals surface area contributed by atoms with Gasteiger partial charge in [0.05, 0.1) is 0 Å². The van der Waals surface area contributed by atoms with Crippen LogP contribution >= 0.6 is 0 Å². The van der Waals surface area contributed by atoms with Gasteiger partial charge >= 0.3 is 6.09 Å². The van der Waals surface area contributed by atoms with Crippen molar-refractivity contribution in [3.8, 4) is 0 Å². The van der Waals surface area contributed by atoms with Gasteiger partial charge in [0.1, 0.15) is 6.61 Å². The third kappa shape index (κ3) is 6.37. The fourth-order valence-electron chi connectivity index (χ4n) is 3.53. The highest BCUT2D eigenvalue weighted by molar-refractivity contribution is 5.69. The molecule has 0 radical (unpaired) electrons. The van der Waals surface area contributed by atoms with Gasteiger partial charge in [-0.2, -0.15) is 0 Å². The number of piperazine rings is 2. The van der Waals surface area contributed by atoms with Crippen LogP contribution in [0.2, 0.25) is 0 Å². The topological polar surface area (TPSA) is 82.9 Å². The summed E-state index contributed by atoms with van der Waals surface area (Å²) in [5, 5.41) is 6.44. The molecule has 7 heteroatoms. The van der Waals surface area contributed by atoms with E-state index < -0.39 is 0 Å². The Hall–Kier alpha value is -2.77. The third-order valence-electron chi connectivity index (χ3n) is 5.39. The minimum absolute atomic E-state index is 0.247. The van der Waals surface area contributed by atoms with Crippen LogP contribution in [0.4, 0.5) is 16.2 Å². The predicted molar refractivity (Wildman–Crippen MR) is 122 cm³/mol. The Bertz CT molecular complexity index is 776. The van der Waals surface area contributed by atoms with Crippen LogP contribution in [0.5, 0.6) is 0 Å². The normalized spacial score (nSPS) is 16.4. The lowest BCUT2D eigenvalue weighted by atomic mass is 10.1. The lowest BCUT2D eigenvalue weighted by Crippen LogP contribution is -2.49. The van der Waals surface area contributed by atoms with Gasteiger partial charge in [0.25, 0.3) is 0 Å². The molecule has 0 aliphatic carbocycles. The molecule has 0 aromatic heterocycles. The molecule has 2 aliphatic rings.